The van der Waals surface area contributed by atoms with Crippen molar-refractivity contribution in [3.63, 3.8) is 0 Å². The van der Waals surface area contributed by atoms with Crippen LogP contribution in [0.3, 0.4) is 0 Å². The van der Waals surface area contributed by atoms with Gasteiger partial charge in [-0.2, -0.15) is 0 Å². The van der Waals surface area contributed by atoms with Crippen LogP contribution in [0.1, 0.15) is 43.4 Å². The van der Waals surface area contributed by atoms with E-state index < -0.39 is 0 Å². The van der Waals surface area contributed by atoms with Crippen molar-refractivity contribution in [2.45, 2.75) is 32.1 Å². The van der Waals surface area contributed by atoms with Crippen LogP contribution in [0.15, 0.2) is 24.5 Å². The Kier molecular flexibility index (Phi) is 5.53. The predicted octanol–water partition coefficient (Wildman–Crippen LogP) is 3.14. The standard InChI is InChI=1S/C19H26N4O/c1-3-13(11-24-2)18(20)15-4-5-16-17(10-15)22-12-23-19(16)14-6-8-21-9-7-14/h4-5,10,12-14,20-21H,3,6-9,11H2,1-2H3/t13-/m0/s1. The van der Waals surface area contributed by atoms with Gasteiger partial charge in [0.2, 0.25) is 0 Å². The molecule has 1 aliphatic rings. The Morgan fingerprint density at radius 2 is 2.12 bits per heavy atom. The molecule has 0 bridgehead atoms. The number of methoxy groups -OCH3 is 1. The van der Waals surface area contributed by atoms with Gasteiger partial charge in [-0.1, -0.05) is 19.1 Å². The molecule has 2 heterocycles. The van der Waals surface area contributed by atoms with Crippen molar-refractivity contribution in [2.75, 3.05) is 26.8 Å². The summed E-state index contributed by atoms with van der Waals surface area (Å²) in [5.74, 6) is 0.622. The average molecular weight is 326 g/mol. The third-order valence-electron chi connectivity index (χ3n) is 4.97. The zero-order chi connectivity index (χ0) is 16.9. The van der Waals surface area contributed by atoms with Gasteiger partial charge >= 0.3 is 0 Å². The number of rotatable bonds is 6. The van der Waals surface area contributed by atoms with Crippen LogP contribution in [-0.2, 0) is 4.74 Å². The molecular formula is C19H26N4O. The maximum Gasteiger partial charge on any atom is 0.116 e. The molecule has 5 nitrogen and oxygen atoms in total. The van der Waals surface area contributed by atoms with E-state index in [1.54, 1.807) is 13.4 Å². The number of ether oxygens (including phenoxy) is 1. The zero-order valence-corrected chi connectivity index (χ0v) is 14.5. The molecule has 0 spiro atoms. The lowest BCUT2D eigenvalue weighted by molar-refractivity contribution is 0.174. The lowest BCUT2D eigenvalue weighted by Crippen LogP contribution is -2.27. The smallest absolute Gasteiger partial charge is 0.116 e. The molecule has 0 aliphatic carbocycles. The van der Waals surface area contributed by atoms with E-state index in [-0.39, 0.29) is 5.92 Å². The van der Waals surface area contributed by atoms with Crippen LogP contribution in [-0.4, -0.2) is 42.5 Å². The van der Waals surface area contributed by atoms with Crippen molar-refractivity contribution in [1.82, 2.24) is 15.3 Å². The first-order valence-electron chi connectivity index (χ1n) is 8.77. The quantitative estimate of drug-likeness (QED) is 0.800. The van der Waals surface area contributed by atoms with Gasteiger partial charge in [-0.15, -0.1) is 0 Å². The lowest BCUT2D eigenvalue weighted by atomic mass is 9.90. The van der Waals surface area contributed by atoms with E-state index >= 15 is 0 Å². The summed E-state index contributed by atoms with van der Waals surface area (Å²) in [6, 6.07) is 6.16. The van der Waals surface area contributed by atoms with Gasteiger partial charge in [0.1, 0.15) is 6.33 Å². The minimum Gasteiger partial charge on any atom is -0.384 e. The SMILES string of the molecule is CC[C@@H](COC)C(=N)c1ccc2c(C3CCNCC3)ncnc2c1. The molecule has 128 valence electrons. The molecule has 0 unspecified atom stereocenters. The van der Waals surface area contributed by atoms with Gasteiger partial charge in [-0.25, -0.2) is 9.97 Å². The van der Waals surface area contributed by atoms with E-state index in [4.69, 9.17) is 10.1 Å². The summed E-state index contributed by atoms with van der Waals surface area (Å²) >= 11 is 0. The normalized spacial score (nSPS) is 17.1. The molecule has 1 aliphatic heterocycles. The first kappa shape index (κ1) is 17.0. The third-order valence-corrected chi connectivity index (χ3v) is 4.97. The van der Waals surface area contributed by atoms with Gasteiger partial charge in [0.25, 0.3) is 0 Å². The fourth-order valence-electron chi connectivity index (χ4n) is 3.51. The van der Waals surface area contributed by atoms with Gasteiger partial charge < -0.3 is 15.5 Å². The van der Waals surface area contributed by atoms with Crippen LogP contribution in [0, 0.1) is 11.3 Å². The Morgan fingerprint density at radius 3 is 2.83 bits per heavy atom. The first-order chi connectivity index (χ1) is 11.7. The van der Waals surface area contributed by atoms with Gasteiger partial charge in [0.15, 0.2) is 0 Å². The second-order valence-corrected chi connectivity index (χ2v) is 6.49. The number of nitrogens with one attached hydrogen (secondary N) is 2. The Balaban J connectivity index is 1.93. The largest absolute Gasteiger partial charge is 0.384 e. The Hall–Kier alpha value is -1.85. The van der Waals surface area contributed by atoms with E-state index in [0.29, 0.717) is 18.2 Å². The predicted molar refractivity (Wildman–Crippen MR) is 96.9 cm³/mol. The molecule has 0 saturated carbocycles. The highest BCUT2D eigenvalue weighted by atomic mass is 16.5. The van der Waals surface area contributed by atoms with E-state index in [2.05, 4.69) is 28.3 Å². The van der Waals surface area contributed by atoms with Crippen LogP contribution >= 0.6 is 0 Å². The van der Waals surface area contributed by atoms with E-state index in [1.807, 2.05) is 12.1 Å². The molecule has 1 fully saturated rings. The van der Waals surface area contributed by atoms with Crippen molar-refractivity contribution in [1.29, 1.82) is 5.41 Å². The second kappa shape index (κ2) is 7.81. The molecule has 24 heavy (non-hydrogen) atoms. The maximum atomic E-state index is 8.48. The molecular weight excluding hydrogens is 300 g/mol. The minimum absolute atomic E-state index is 0.123. The molecule has 3 rings (SSSR count). The fourth-order valence-corrected chi connectivity index (χ4v) is 3.51. The third kappa shape index (κ3) is 3.47. The number of fused-ring (bicyclic) bond motifs is 1. The number of aromatic nitrogens is 2. The van der Waals surface area contributed by atoms with Crippen molar-refractivity contribution < 1.29 is 4.74 Å². The van der Waals surface area contributed by atoms with Crippen molar-refractivity contribution >= 4 is 16.6 Å². The fraction of sp³-hybridized carbons (Fsp3) is 0.526. The zero-order valence-electron chi connectivity index (χ0n) is 14.5. The molecule has 0 amide bonds. The van der Waals surface area contributed by atoms with Crippen molar-refractivity contribution in [2.24, 2.45) is 5.92 Å². The molecule has 2 N–H and O–H groups in total. The maximum absolute atomic E-state index is 8.48. The minimum atomic E-state index is 0.123. The highest BCUT2D eigenvalue weighted by molar-refractivity contribution is 6.02. The summed E-state index contributed by atoms with van der Waals surface area (Å²) in [6.07, 6.45) is 4.80. The Bertz CT molecular complexity index is 710. The molecule has 5 heteroatoms. The van der Waals surface area contributed by atoms with E-state index in [1.165, 1.54) is 0 Å². The van der Waals surface area contributed by atoms with Gasteiger partial charge in [-0.05, 0) is 44.0 Å². The van der Waals surface area contributed by atoms with Gasteiger partial charge in [-0.3, -0.25) is 0 Å². The van der Waals surface area contributed by atoms with Gasteiger partial charge in [0.05, 0.1) is 17.8 Å². The van der Waals surface area contributed by atoms with Crippen molar-refractivity contribution in [3.8, 4) is 0 Å². The number of hydrogen-bond acceptors (Lipinski definition) is 5. The molecule has 0 radical (unpaired) electrons. The number of benzene rings is 1. The highest BCUT2D eigenvalue weighted by Crippen LogP contribution is 2.29. The molecule has 1 saturated heterocycles. The second-order valence-electron chi connectivity index (χ2n) is 6.49. The average Bonchev–Trinajstić information content (AvgIpc) is 2.65. The summed E-state index contributed by atoms with van der Waals surface area (Å²) in [5, 5.41) is 13.0. The van der Waals surface area contributed by atoms with Gasteiger partial charge in [0, 0.05) is 30.0 Å². The molecule has 1 aromatic carbocycles. The summed E-state index contributed by atoms with van der Waals surface area (Å²) < 4.78 is 5.25. The highest BCUT2D eigenvalue weighted by Gasteiger charge is 2.20. The van der Waals surface area contributed by atoms with Crippen LogP contribution < -0.4 is 5.32 Å². The van der Waals surface area contributed by atoms with Crippen LogP contribution in [0.4, 0.5) is 0 Å². The molecule has 1 aromatic heterocycles. The lowest BCUT2D eigenvalue weighted by Gasteiger charge is -2.23. The summed E-state index contributed by atoms with van der Waals surface area (Å²) in [6.45, 7) is 4.77. The van der Waals surface area contributed by atoms with E-state index in [0.717, 1.165) is 54.5 Å². The Morgan fingerprint density at radius 1 is 1.33 bits per heavy atom. The monoisotopic (exact) mass is 326 g/mol. The summed E-state index contributed by atoms with van der Waals surface area (Å²) in [4.78, 5) is 9.03. The number of hydrogen-bond donors (Lipinski definition) is 2. The van der Waals surface area contributed by atoms with Crippen LogP contribution in [0.5, 0.6) is 0 Å². The Labute approximate surface area is 143 Å². The van der Waals surface area contributed by atoms with Crippen molar-refractivity contribution in [3.05, 3.63) is 35.8 Å². The number of nitrogens with zero attached hydrogens (tertiary/aromatic N) is 2. The number of piperidine rings is 1. The van der Waals surface area contributed by atoms with E-state index in [9.17, 15) is 0 Å². The van der Waals surface area contributed by atoms with Crippen LogP contribution in [0.2, 0.25) is 0 Å². The molecule has 1 atom stereocenters. The molecule has 2 aromatic rings. The topological polar surface area (TPSA) is 70.9 Å². The van der Waals surface area contributed by atoms with Crippen LogP contribution in [0.25, 0.3) is 10.9 Å². The first-order valence-corrected chi connectivity index (χ1v) is 8.77. The summed E-state index contributed by atoms with van der Waals surface area (Å²) in [5.41, 5.74) is 3.65. The summed E-state index contributed by atoms with van der Waals surface area (Å²) in [7, 11) is 1.69.